The molecule has 104 valence electrons. The molecule has 4 nitrogen and oxygen atoms in total. The molecule has 0 radical (unpaired) electrons. The van der Waals surface area contributed by atoms with Crippen LogP contribution in [0.5, 0.6) is 0 Å². The Bertz CT molecular complexity index is 311. The van der Waals surface area contributed by atoms with Crippen molar-refractivity contribution in [1.82, 2.24) is 10.2 Å². The fourth-order valence-corrected chi connectivity index (χ4v) is 2.94. The Morgan fingerprint density at radius 1 is 1.56 bits per heavy atom. The summed E-state index contributed by atoms with van der Waals surface area (Å²) in [6.45, 7) is 14.0. The maximum atomic E-state index is 9.34. The predicted molar refractivity (Wildman–Crippen MR) is 73.4 cm³/mol. The van der Waals surface area contributed by atoms with Crippen LogP contribution >= 0.6 is 0 Å². The number of nitrogens with one attached hydrogen (secondary N) is 1. The van der Waals surface area contributed by atoms with Crippen LogP contribution in [0.3, 0.4) is 0 Å². The molecule has 0 aliphatic carbocycles. The summed E-state index contributed by atoms with van der Waals surface area (Å²) in [6.07, 6.45) is 0.834. The zero-order valence-corrected chi connectivity index (χ0v) is 12.4. The van der Waals surface area contributed by atoms with Crippen molar-refractivity contribution in [2.75, 3.05) is 26.3 Å². The van der Waals surface area contributed by atoms with E-state index in [4.69, 9.17) is 4.74 Å². The topological polar surface area (TPSA) is 48.3 Å². The number of morpholine rings is 1. The second-order valence-corrected chi connectivity index (χ2v) is 6.09. The second-order valence-electron chi connectivity index (χ2n) is 6.09. The monoisotopic (exact) mass is 253 g/mol. The molecule has 1 saturated heterocycles. The van der Waals surface area contributed by atoms with Gasteiger partial charge >= 0.3 is 0 Å². The molecule has 1 fully saturated rings. The lowest BCUT2D eigenvalue weighted by Gasteiger charge is -2.47. The smallest absolute Gasteiger partial charge is 0.105 e. The number of rotatable bonds is 5. The van der Waals surface area contributed by atoms with Gasteiger partial charge in [-0.05, 0) is 40.7 Å². The predicted octanol–water partition coefficient (Wildman–Crippen LogP) is 1.77. The number of ether oxygens (including phenoxy) is 1. The highest BCUT2D eigenvalue weighted by Crippen LogP contribution is 2.25. The third-order valence-electron chi connectivity index (χ3n) is 3.76. The number of nitrogens with zero attached hydrogens (tertiary/aromatic N) is 2. The largest absolute Gasteiger partial charge is 0.378 e. The Kier molecular flexibility index (Phi) is 5.15. The first-order valence-electron chi connectivity index (χ1n) is 6.85. The molecule has 0 amide bonds. The van der Waals surface area contributed by atoms with E-state index < -0.39 is 5.54 Å². The second kappa shape index (κ2) is 6.01. The summed E-state index contributed by atoms with van der Waals surface area (Å²) in [5.74, 6) is 0. The van der Waals surface area contributed by atoms with Crippen LogP contribution in [-0.2, 0) is 4.74 Å². The van der Waals surface area contributed by atoms with Crippen LogP contribution in [0.4, 0.5) is 0 Å². The third kappa shape index (κ3) is 3.68. The van der Waals surface area contributed by atoms with Gasteiger partial charge in [-0.3, -0.25) is 10.2 Å². The molecule has 0 bridgehead atoms. The van der Waals surface area contributed by atoms with Gasteiger partial charge in [0.2, 0.25) is 0 Å². The lowest BCUT2D eigenvalue weighted by atomic mass is 9.91. The third-order valence-corrected chi connectivity index (χ3v) is 3.76. The fraction of sp³-hybridized carbons (Fsp3) is 0.929. The molecule has 2 atom stereocenters. The molecule has 1 N–H and O–H groups in total. The van der Waals surface area contributed by atoms with Gasteiger partial charge < -0.3 is 4.74 Å². The Morgan fingerprint density at radius 2 is 2.22 bits per heavy atom. The average Bonchev–Trinajstić information content (AvgIpc) is 2.28. The van der Waals surface area contributed by atoms with Crippen LogP contribution in [0.1, 0.15) is 41.0 Å². The van der Waals surface area contributed by atoms with Gasteiger partial charge in [0.25, 0.3) is 0 Å². The summed E-state index contributed by atoms with van der Waals surface area (Å²) >= 11 is 0. The molecule has 0 aromatic heterocycles. The van der Waals surface area contributed by atoms with Gasteiger partial charge in [-0.15, -0.1) is 0 Å². The highest BCUT2D eigenvalue weighted by atomic mass is 16.5. The molecule has 1 aliphatic heterocycles. The lowest BCUT2D eigenvalue weighted by Crippen LogP contribution is -2.58. The fourth-order valence-electron chi connectivity index (χ4n) is 2.94. The lowest BCUT2D eigenvalue weighted by molar-refractivity contribution is -0.0723. The van der Waals surface area contributed by atoms with Crippen LogP contribution in [0.15, 0.2) is 0 Å². The summed E-state index contributed by atoms with van der Waals surface area (Å²) in [4.78, 5) is 2.46. The highest BCUT2D eigenvalue weighted by Gasteiger charge is 2.36. The minimum atomic E-state index is -0.442. The van der Waals surface area contributed by atoms with Crippen LogP contribution in [0.25, 0.3) is 0 Å². The van der Waals surface area contributed by atoms with Crippen molar-refractivity contribution in [3.05, 3.63) is 0 Å². The Labute approximate surface area is 111 Å². The molecule has 4 heteroatoms. The van der Waals surface area contributed by atoms with Crippen molar-refractivity contribution in [1.29, 1.82) is 5.26 Å². The van der Waals surface area contributed by atoms with E-state index in [1.54, 1.807) is 0 Å². The first kappa shape index (κ1) is 15.4. The van der Waals surface area contributed by atoms with Gasteiger partial charge in [0, 0.05) is 18.1 Å². The maximum Gasteiger partial charge on any atom is 0.105 e. The van der Waals surface area contributed by atoms with Gasteiger partial charge in [0.15, 0.2) is 0 Å². The molecule has 2 unspecified atom stereocenters. The van der Waals surface area contributed by atoms with Crippen LogP contribution < -0.4 is 5.32 Å². The summed E-state index contributed by atoms with van der Waals surface area (Å²) in [5, 5.41) is 12.6. The SMILES string of the molecule is CCNC(C)(C#N)CC(C)N1CCOCC1(C)C. The van der Waals surface area contributed by atoms with E-state index in [2.05, 4.69) is 37.1 Å². The van der Waals surface area contributed by atoms with E-state index in [0.717, 1.165) is 32.7 Å². The first-order valence-corrected chi connectivity index (χ1v) is 6.85. The number of hydrogen-bond donors (Lipinski definition) is 1. The van der Waals surface area contributed by atoms with Gasteiger partial charge in [0.05, 0.1) is 19.3 Å². The van der Waals surface area contributed by atoms with Crippen LogP contribution in [0.2, 0.25) is 0 Å². The van der Waals surface area contributed by atoms with Gasteiger partial charge in [-0.2, -0.15) is 5.26 Å². The highest BCUT2D eigenvalue weighted by molar-refractivity contribution is 5.06. The maximum absolute atomic E-state index is 9.34. The Morgan fingerprint density at radius 3 is 2.72 bits per heavy atom. The zero-order chi connectivity index (χ0) is 13.8. The van der Waals surface area contributed by atoms with Gasteiger partial charge in [0.1, 0.15) is 5.54 Å². The summed E-state index contributed by atoms with van der Waals surface area (Å²) in [6, 6.07) is 2.78. The molecule has 1 aliphatic rings. The van der Waals surface area contributed by atoms with E-state index in [1.165, 1.54) is 0 Å². The molecule has 0 aromatic carbocycles. The normalized spacial score (nSPS) is 25.1. The molecule has 1 heterocycles. The van der Waals surface area contributed by atoms with Crippen molar-refractivity contribution in [3.63, 3.8) is 0 Å². The summed E-state index contributed by atoms with van der Waals surface area (Å²) in [5.41, 5.74) is -0.386. The first-order chi connectivity index (χ1) is 8.34. The van der Waals surface area contributed by atoms with E-state index in [-0.39, 0.29) is 5.54 Å². The van der Waals surface area contributed by atoms with E-state index >= 15 is 0 Å². The van der Waals surface area contributed by atoms with Crippen molar-refractivity contribution in [2.24, 2.45) is 0 Å². The number of nitriles is 1. The molecular formula is C14H27N3O. The average molecular weight is 253 g/mol. The van der Waals surface area contributed by atoms with Crippen LogP contribution in [0, 0.1) is 11.3 Å². The quantitative estimate of drug-likeness (QED) is 0.811. The molecule has 18 heavy (non-hydrogen) atoms. The van der Waals surface area contributed by atoms with Crippen molar-refractivity contribution in [3.8, 4) is 6.07 Å². The van der Waals surface area contributed by atoms with Crippen molar-refractivity contribution < 1.29 is 4.74 Å². The summed E-state index contributed by atoms with van der Waals surface area (Å²) in [7, 11) is 0. The van der Waals surface area contributed by atoms with Gasteiger partial charge in [-0.25, -0.2) is 0 Å². The standard InChI is InChI=1S/C14H27N3O/c1-6-16-14(5,10-15)9-12(2)17-7-8-18-11-13(17,3)4/h12,16H,6-9,11H2,1-5H3. The minimum absolute atomic E-state index is 0.0558. The Hall–Kier alpha value is -0.630. The molecule has 0 spiro atoms. The molecule has 0 aromatic rings. The number of hydrogen-bond acceptors (Lipinski definition) is 4. The van der Waals surface area contributed by atoms with Crippen molar-refractivity contribution in [2.45, 2.75) is 58.2 Å². The van der Waals surface area contributed by atoms with E-state index in [1.807, 2.05) is 13.8 Å². The summed E-state index contributed by atoms with van der Waals surface area (Å²) < 4.78 is 5.55. The molecular weight excluding hydrogens is 226 g/mol. The van der Waals surface area contributed by atoms with E-state index in [0.29, 0.717) is 6.04 Å². The molecule has 1 rings (SSSR count). The van der Waals surface area contributed by atoms with Crippen molar-refractivity contribution >= 4 is 0 Å². The van der Waals surface area contributed by atoms with Crippen LogP contribution in [-0.4, -0.2) is 48.3 Å². The Balaban J connectivity index is 2.69. The molecule has 0 saturated carbocycles. The van der Waals surface area contributed by atoms with Gasteiger partial charge in [-0.1, -0.05) is 6.92 Å². The van der Waals surface area contributed by atoms with E-state index in [9.17, 15) is 5.26 Å². The minimum Gasteiger partial charge on any atom is -0.378 e. The zero-order valence-electron chi connectivity index (χ0n) is 12.4.